The lowest BCUT2D eigenvalue weighted by molar-refractivity contribution is 0.539. The highest BCUT2D eigenvalue weighted by molar-refractivity contribution is 7.89. The van der Waals surface area contributed by atoms with Crippen molar-refractivity contribution in [2.45, 2.75) is 10.9 Å². The molecule has 1 atom stereocenters. The standard InChI is InChI=1S/C17H13F2NO2S2/c18-13-8-9-16(14(19)11-13)24(21,22)20-17(15-7-4-10-23-15)12-5-2-1-3-6-12/h1-11,17,20H. The lowest BCUT2D eigenvalue weighted by Gasteiger charge is -2.18. The Morgan fingerprint density at radius 2 is 1.71 bits per heavy atom. The van der Waals surface area contributed by atoms with Gasteiger partial charge < -0.3 is 0 Å². The summed E-state index contributed by atoms with van der Waals surface area (Å²) in [6, 6.07) is 14.3. The Bertz CT molecular complexity index is 926. The lowest BCUT2D eigenvalue weighted by atomic mass is 10.1. The zero-order valence-corrected chi connectivity index (χ0v) is 14.0. The van der Waals surface area contributed by atoms with E-state index in [1.54, 1.807) is 30.3 Å². The molecule has 1 unspecified atom stereocenters. The highest BCUT2D eigenvalue weighted by atomic mass is 32.2. The Balaban J connectivity index is 2.01. The Hall–Kier alpha value is -2.09. The minimum atomic E-state index is -4.17. The van der Waals surface area contributed by atoms with Gasteiger partial charge in [-0.3, -0.25) is 0 Å². The third-order valence-electron chi connectivity index (χ3n) is 3.42. The maximum absolute atomic E-state index is 13.9. The Morgan fingerprint density at radius 1 is 0.958 bits per heavy atom. The number of thiophene rings is 1. The maximum Gasteiger partial charge on any atom is 0.244 e. The fourth-order valence-electron chi connectivity index (χ4n) is 2.30. The van der Waals surface area contributed by atoms with Gasteiger partial charge in [-0.2, -0.15) is 4.72 Å². The molecule has 0 saturated carbocycles. The van der Waals surface area contributed by atoms with Crippen molar-refractivity contribution in [2.75, 3.05) is 0 Å². The van der Waals surface area contributed by atoms with Crippen LogP contribution in [0.2, 0.25) is 0 Å². The molecule has 24 heavy (non-hydrogen) atoms. The first kappa shape index (κ1) is 16.8. The molecule has 0 aliphatic carbocycles. The zero-order chi connectivity index (χ0) is 17.2. The quantitative estimate of drug-likeness (QED) is 0.740. The predicted molar refractivity (Wildman–Crippen MR) is 89.3 cm³/mol. The molecule has 1 heterocycles. The lowest BCUT2D eigenvalue weighted by Crippen LogP contribution is -2.29. The van der Waals surface area contributed by atoms with E-state index in [4.69, 9.17) is 0 Å². The first-order chi connectivity index (χ1) is 11.5. The van der Waals surface area contributed by atoms with E-state index in [1.807, 2.05) is 17.5 Å². The van der Waals surface area contributed by atoms with Gasteiger partial charge >= 0.3 is 0 Å². The van der Waals surface area contributed by atoms with Gasteiger partial charge in [-0.25, -0.2) is 17.2 Å². The van der Waals surface area contributed by atoms with E-state index in [-0.39, 0.29) is 0 Å². The Labute approximate surface area is 142 Å². The summed E-state index contributed by atoms with van der Waals surface area (Å²) < 4.78 is 54.6. The van der Waals surface area contributed by atoms with Gasteiger partial charge in [-0.05, 0) is 29.1 Å². The van der Waals surface area contributed by atoms with Crippen LogP contribution in [0.3, 0.4) is 0 Å². The maximum atomic E-state index is 13.9. The summed E-state index contributed by atoms with van der Waals surface area (Å²) in [5, 5.41) is 1.83. The number of hydrogen-bond acceptors (Lipinski definition) is 3. The van der Waals surface area contributed by atoms with E-state index in [0.29, 0.717) is 6.07 Å². The molecule has 2 aromatic carbocycles. The Kier molecular flexibility index (Phi) is 4.75. The van der Waals surface area contributed by atoms with Gasteiger partial charge in [0.15, 0.2) is 0 Å². The van der Waals surface area contributed by atoms with Crippen molar-refractivity contribution in [3.8, 4) is 0 Å². The van der Waals surface area contributed by atoms with Crippen molar-refractivity contribution in [3.63, 3.8) is 0 Å². The molecule has 0 aliphatic heterocycles. The second kappa shape index (κ2) is 6.80. The molecule has 3 nitrogen and oxygen atoms in total. The van der Waals surface area contributed by atoms with Crippen LogP contribution in [0.25, 0.3) is 0 Å². The van der Waals surface area contributed by atoms with E-state index in [1.165, 1.54) is 11.3 Å². The van der Waals surface area contributed by atoms with E-state index in [2.05, 4.69) is 4.72 Å². The minimum absolute atomic E-state index is 0.553. The smallest absolute Gasteiger partial charge is 0.207 e. The topological polar surface area (TPSA) is 46.2 Å². The monoisotopic (exact) mass is 365 g/mol. The van der Waals surface area contributed by atoms with Crippen LogP contribution in [0.4, 0.5) is 8.78 Å². The number of nitrogens with one attached hydrogen (secondary N) is 1. The highest BCUT2D eigenvalue weighted by Crippen LogP contribution is 2.28. The number of hydrogen-bond donors (Lipinski definition) is 1. The average Bonchev–Trinajstić information content (AvgIpc) is 3.07. The van der Waals surface area contributed by atoms with Crippen LogP contribution in [-0.2, 0) is 10.0 Å². The van der Waals surface area contributed by atoms with Crippen LogP contribution in [0.15, 0.2) is 70.9 Å². The first-order valence-corrected chi connectivity index (χ1v) is 9.39. The van der Waals surface area contributed by atoms with Crippen LogP contribution >= 0.6 is 11.3 Å². The van der Waals surface area contributed by atoms with Crippen LogP contribution in [-0.4, -0.2) is 8.42 Å². The van der Waals surface area contributed by atoms with Crippen molar-refractivity contribution >= 4 is 21.4 Å². The van der Waals surface area contributed by atoms with E-state index < -0.39 is 32.6 Å². The number of sulfonamides is 1. The second-order valence-electron chi connectivity index (χ2n) is 5.06. The highest BCUT2D eigenvalue weighted by Gasteiger charge is 2.26. The minimum Gasteiger partial charge on any atom is -0.207 e. The van der Waals surface area contributed by atoms with Gasteiger partial charge in [-0.15, -0.1) is 11.3 Å². The summed E-state index contributed by atoms with van der Waals surface area (Å²) in [5.41, 5.74) is 0.728. The van der Waals surface area contributed by atoms with Crippen molar-refractivity contribution < 1.29 is 17.2 Å². The molecular formula is C17H13F2NO2S2. The number of halogens is 2. The van der Waals surface area contributed by atoms with Crippen molar-refractivity contribution in [3.05, 3.63) is 88.1 Å². The van der Waals surface area contributed by atoms with Gasteiger partial charge in [0.05, 0.1) is 6.04 Å². The number of rotatable bonds is 5. The van der Waals surface area contributed by atoms with Crippen LogP contribution < -0.4 is 4.72 Å². The average molecular weight is 365 g/mol. The third-order valence-corrected chi connectivity index (χ3v) is 5.81. The van der Waals surface area contributed by atoms with Gasteiger partial charge in [0.25, 0.3) is 0 Å². The third kappa shape index (κ3) is 3.53. The molecule has 0 radical (unpaired) electrons. The van der Waals surface area contributed by atoms with Gasteiger partial charge in [0, 0.05) is 10.9 Å². The summed E-state index contributed by atoms with van der Waals surface area (Å²) in [6.07, 6.45) is 0. The molecule has 0 spiro atoms. The van der Waals surface area contributed by atoms with Crippen molar-refractivity contribution in [2.24, 2.45) is 0 Å². The van der Waals surface area contributed by atoms with Crippen LogP contribution in [0.1, 0.15) is 16.5 Å². The molecule has 0 aliphatic rings. The van der Waals surface area contributed by atoms with Crippen LogP contribution in [0.5, 0.6) is 0 Å². The van der Waals surface area contributed by atoms with Crippen molar-refractivity contribution in [1.29, 1.82) is 0 Å². The molecular weight excluding hydrogens is 352 g/mol. The fraction of sp³-hybridized carbons (Fsp3) is 0.0588. The zero-order valence-electron chi connectivity index (χ0n) is 12.3. The molecule has 0 fully saturated rings. The van der Waals surface area contributed by atoms with E-state index >= 15 is 0 Å². The molecule has 3 aromatic rings. The number of benzene rings is 2. The molecule has 7 heteroatoms. The molecule has 124 valence electrons. The SMILES string of the molecule is O=S(=O)(NC(c1ccccc1)c1cccs1)c1ccc(F)cc1F. The van der Waals surface area contributed by atoms with E-state index in [9.17, 15) is 17.2 Å². The predicted octanol–water partition coefficient (Wildman–Crippen LogP) is 4.09. The molecule has 0 amide bonds. The van der Waals surface area contributed by atoms with Gasteiger partial charge in [0.2, 0.25) is 10.0 Å². The molecule has 1 N–H and O–H groups in total. The summed E-state index contributed by atoms with van der Waals surface area (Å²) in [4.78, 5) is 0.189. The summed E-state index contributed by atoms with van der Waals surface area (Å²) in [5.74, 6) is -1.95. The second-order valence-corrected chi connectivity index (χ2v) is 7.72. The Morgan fingerprint density at radius 3 is 2.33 bits per heavy atom. The summed E-state index contributed by atoms with van der Waals surface area (Å²) in [6.45, 7) is 0. The molecule has 0 bridgehead atoms. The fourth-order valence-corrected chi connectivity index (χ4v) is 4.44. The molecule has 1 aromatic heterocycles. The molecule has 3 rings (SSSR count). The summed E-state index contributed by atoms with van der Waals surface area (Å²) >= 11 is 1.39. The first-order valence-electron chi connectivity index (χ1n) is 7.03. The van der Waals surface area contributed by atoms with Gasteiger partial charge in [0.1, 0.15) is 16.5 Å². The molecule has 0 saturated heterocycles. The van der Waals surface area contributed by atoms with Crippen molar-refractivity contribution in [1.82, 2.24) is 4.72 Å². The van der Waals surface area contributed by atoms with E-state index in [0.717, 1.165) is 22.6 Å². The summed E-state index contributed by atoms with van der Waals surface area (Å²) in [7, 11) is -4.17. The van der Waals surface area contributed by atoms with Crippen LogP contribution in [0, 0.1) is 11.6 Å². The van der Waals surface area contributed by atoms with Gasteiger partial charge in [-0.1, -0.05) is 36.4 Å². The largest absolute Gasteiger partial charge is 0.244 e. The normalized spacial score (nSPS) is 12.9.